The minimum Gasteiger partial charge on any atom is -0.855 e. The summed E-state index contributed by atoms with van der Waals surface area (Å²) < 4.78 is 0. The molecule has 0 amide bonds. The first-order valence-electron chi connectivity index (χ1n) is 6.76. The van der Waals surface area contributed by atoms with E-state index in [-0.39, 0.29) is 19.0 Å². The molecule has 3 rings (SSSR count). The summed E-state index contributed by atoms with van der Waals surface area (Å²) in [5, 5.41) is 10.4. The van der Waals surface area contributed by atoms with Gasteiger partial charge in [0.25, 0.3) is 0 Å². The summed E-state index contributed by atoms with van der Waals surface area (Å²) >= 11 is 11.9. The molecule has 0 radical (unpaired) electrons. The second-order valence-corrected chi connectivity index (χ2v) is 5.54. The van der Waals surface area contributed by atoms with Crippen molar-refractivity contribution in [3.05, 3.63) is 52.0 Å². The number of rotatable bonds is 1. The van der Waals surface area contributed by atoms with Crippen LogP contribution in [0.2, 0.25) is 10.0 Å². The number of anilines is 3. The maximum Gasteiger partial charge on any atom is 0.0645 e. The molecule has 22 heavy (non-hydrogen) atoms. The van der Waals surface area contributed by atoms with Crippen LogP contribution in [0, 0.1) is 0 Å². The minimum absolute atomic E-state index is 0. The Morgan fingerprint density at radius 3 is 2.23 bits per heavy atom. The van der Waals surface area contributed by atoms with Gasteiger partial charge in [-0.25, -0.2) is 0 Å². The van der Waals surface area contributed by atoms with Crippen molar-refractivity contribution >= 4 is 52.7 Å². The van der Waals surface area contributed by atoms with Gasteiger partial charge in [-0.2, -0.15) is 0 Å². The van der Waals surface area contributed by atoms with E-state index in [1.54, 1.807) is 13.0 Å². The highest BCUT2D eigenvalue weighted by molar-refractivity contribution is 6.31. The van der Waals surface area contributed by atoms with E-state index in [2.05, 4.69) is 4.90 Å². The van der Waals surface area contributed by atoms with E-state index in [1.807, 2.05) is 30.3 Å². The third-order valence-electron chi connectivity index (χ3n) is 3.22. The molecular formula is C16H18Cl3N2O-. The van der Waals surface area contributed by atoms with Crippen molar-refractivity contribution < 1.29 is 5.11 Å². The van der Waals surface area contributed by atoms with Gasteiger partial charge in [-0.05, 0) is 48.4 Å². The van der Waals surface area contributed by atoms with Crippen molar-refractivity contribution in [1.82, 2.24) is 0 Å². The molecular weight excluding hydrogens is 343 g/mol. The van der Waals surface area contributed by atoms with Crippen molar-refractivity contribution in [3.63, 3.8) is 0 Å². The number of fused-ring (bicyclic) bond motifs is 1. The van der Waals surface area contributed by atoms with Crippen LogP contribution in [0.5, 0.6) is 0 Å². The highest BCUT2D eigenvalue weighted by Crippen LogP contribution is 2.39. The molecule has 1 heterocycles. The fraction of sp³-hybridized carbons (Fsp3) is 0.250. The summed E-state index contributed by atoms with van der Waals surface area (Å²) in [6, 6.07) is 11.6. The van der Waals surface area contributed by atoms with Gasteiger partial charge in [-0.3, -0.25) is 0 Å². The Kier molecular flexibility index (Phi) is 7.30. The third-order valence-corrected chi connectivity index (χ3v) is 3.69. The molecule has 0 fully saturated rings. The van der Waals surface area contributed by atoms with E-state index in [0.717, 1.165) is 23.7 Å². The van der Waals surface area contributed by atoms with Gasteiger partial charge < -0.3 is 15.7 Å². The van der Waals surface area contributed by atoms with Crippen LogP contribution >= 0.6 is 35.6 Å². The number of nitrogens with two attached hydrogens (primary N) is 1. The van der Waals surface area contributed by atoms with E-state index in [0.29, 0.717) is 10.7 Å². The number of halogens is 3. The predicted molar refractivity (Wildman–Crippen MR) is 95.8 cm³/mol. The van der Waals surface area contributed by atoms with Crippen LogP contribution in [-0.4, -0.2) is 13.2 Å². The topological polar surface area (TPSA) is 52.3 Å². The predicted octanol–water partition coefficient (Wildman–Crippen LogP) is 4.06. The molecule has 0 unspecified atom stereocenters. The van der Waals surface area contributed by atoms with Crippen molar-refractivity contribution in [2.45, 2.75) is 13.3 Å². The van der Waals surface area contributed by atoms with Gasteiger partial charge in [0.15, 0.2) is 0 Å². The Morgan fingerprint density at radius 2 is 1.64 bits per heavy atom. The minimum atomic E-state index is 0. The Morgan fingerprint density at radius 1 is 1.09 bits per heavy atom. The van der Waals surface area contributed by atoms with Gasteiger partial charge in [0, 0.05) is 22.3 Å². The monoisotopic (exact) mass is 359 g/mol. The van der Waals surface area contributed by atoms with E-state index in [9.17, 15) is 0 Å². The van der Waals surface area contributed by atoms with Crippen molar-refractivity contribution in [2.75, 3.05) is 23.8 Å². The zero-order valence-corrected chi connectivity index (χ0v) is 14.5. The van der Waals surface area contributed by atoms with E-state index in [1.165, 1.54) is 11.3 Å². The number of nitrogen functional groups attached to an aromatic ring is 1. The first-order valence-corrected chi connectivity index (χ1v) is 7.51. The molecule has 0 saturated heterocycles. The first-order chi connectivity index (χ1) is 10.1. The van der Waals surface area contributed by atoms with Crippen LogP contribution in [0.1, 0.15) is 12.5 Å². The number of nitrogens with zero attached hydrogens (tertiary/aromatic N) is 1. The van der Waals surface area contributed by atoms with E-state index >= 15 is 0 Å². The van der Waals surface area contributed by atoms with Crippen LogP contribution in [0.15, 0.2) is 36.4 Å². The third kappa shape index (κ3) is 4.20. The van der Waals surface area contributed by atoms with Gasteiger partial charge in [-0.15, -0.1) is 19.0 Å². The van der Waals surface area contributed by atoms with Crippen LogP contribution < -0.4 is 15.7 Å². The molecule has 120 valence electrons. The summed E-state index contributed by atoms with van der Waals surface area (Å²) in [5.74, 6) is 0. The van der Waals surface area contributed by atoms with Crippen molar-refractivity contribution in [1.29, 1.82) is 0 Å². The zero-order valence-electron chi connectivity index (χ0n) is 12.2. The van der Waals surface area contributed by atoms with Crippen LogP contribution in [0.4, 0.5) is 17.1 Å². The summed E-state index contributed by atoms with van der Waals surface area (Å²) in [4.78, 5) is 2.21. The fourth-order valence-electron chi connectivity index (χ4n) is 2.39. The second kappa shape index (κ2) is 8.49. The molecule has 0 spiro atoms. The lowest BCUT2D eigenvalue weighted by atomic mass is 10.1. The number of hydrogen-bond donors (Lipinski definition) is 1. The molecule has 0 atom stereocenters. The highest BCUT2D eigenvalue weighted by atomic mass is 35.5. The molecule has 2 N–H and O–H groups in total. The summed E-state index contributed by atoms with van der Waals surface area (Å²) in [5.41, 5.74) is 10.2. The van der Waals surface area contributed by atoms with Gasteiger partial charge in [0.2, 0.25) is 0 Å². The average Bonchev–Trinajstić information content (AvgIpc) is 2.82. The maximum atomic E-state index is 8.93. The highest BCUT2D eigenvalue weighted by Gasteiger charge is 2.21. The quantitative estimate of drug-likeness (QED) is 0.780. The van der Waals surface area contributed by atoms with Gasteiger partial charge in [0.05, 0.1) is 11.4 Å². The Bertz CT molecular complexity index is 635. The molecule has 1 aliphatic heterocycles. The number of hydrogen-bond acceptors (Lipinski definition) is 3. The lowest BCUT2D eigenvalue weighted by molar-refractivity contribution is -0.361. The van der Waals surface area contributed by atoms with E-state index in [4.69, 9.17) is 34.0 Å². The van der Waals surface area contributed by atoms with Gasteiger partial charge >= 0.3 is 0 Å². The molecule has 6 heteroatoms. The van der Waals surface area contributed by atoms with E-state index < -0.39 is 0 Å². The molecule has 2 aromatic rings. The van der Waals surface area contributed by atoms with Gasteiger partial charge in [0.1, 0.15) is 0 Å². The lowest BCUT2D eigenvalue weighted by Crippen LogP contribution is -2.14. The summed E-state index contributed by atoms with van der Waals surface area (Å²) in [7, 11) is 0. The van der Waals surface area contributed by atoms with Crippen molar-refractivity contribution in [2.24, 2.45) is 0 Å². The Balaban J connectivity index is 0.000000562. The lowest BCUT2D eigenvalue weighted by Gasteiger charge is -2.21. The molecule has 3 nitrogen and oxygen atoms in total. The molecule has 2 aromatic carbocycles. The maximum absolute atomic E-state index is 8.93. The number of benzene rings is 2. The van der Waals surface area contributed by atoms with Gasteiger partial charge in [-0.1, -0.05) is 30.1 Å². The molecule has 0 aromatic heterocycles. The van der Waals surface area contributed by atoms with Crippen LogP contribution in [-0.2, 0) is 6.42 Å². The molecule has 0 saturated carbocycles. The average molecular weight is 361 g/mol. The Hall–Kier alpha value is -1.13. The molecule has 1 aliphatic rings. The molecule has 0 bridgehead atoms. The zero-order chi connectivity index (χ0) is 15.4. The SMILES string of the molecule is CC[O-].Cl.Nc1cc(Cl)ccc1N1CCc2cc(Cl)ccc21. The smallest absolute Gasteiger partial charge is 0.0645 e. The standard InChI is InChI=1S/C14H12Cl2N2.C2H5O.ClH/c15-10-1-3-13-9(7-10)5-6-18(13)14-4-2-11(16)8-12(14)17;1-2-3;/h1-4,7-8H,5-6,17H2;2H2,1H3;1H/q;-1;. The van der Waals surface area contributed by atoms with Crippen LogP contribution in [0.3, 0.4) is 0 Å². The first kappa shape index (κ1) is 18.9. The van der Waals surface area contributed by atoms with Crippen molar-refractivity contribution in [3.8, 4) is 0 Å². The Labute approximate surface area is 147 Å². The fourth-order valence-corrected chi connectivity index (χ4v) is 2.77. The summed E-state index contributed by atoms with van der Waals surface area (Å²) in [6.45, 7) is 2.49. The normalized spacial score (nSPS) is 12.1. The summed E-state index contributed by atoms with van der Waals surface area (Å²) in [6.07, 6.45) is 0.984. The second-order valence-electron chi connectivity index (χ2n) is 4.67. The largest absolute Gasteiger partial charge is 0.855 e. The molecule has 0 aliphatic carbocycles. The van der Waals surface area contributed by atoms with Crippen LogP contribution in [0.25, 0.3) is 0 Å².